The minimum absolute atomic E-state index is 0.140. The van der Waals surface area contributed by atoms with Gasteiger partial charge in [-0.1, -0.05) is 29.8 Å². The summed E-state index contributed by atoms with van der Waals surface area (Å²) in [4.78, 5) is 26.0. The Morgan fingerprint density at radius 2 is 2.10 bits per heavy atom. The molecule has 4 nitrogen and oxygen atoms in total. The molecule has 1 aromatic heterocycles. The average molecular weight is 322 g/mol. The number of anilines is 1. The molecule has 1 unspecified atom stereocenters. The molecule has 0 aliphatic carbocycles. The molecule has 0 radical (unpaired) electrons. The standard InChI is InChI=1S/C15H12ClNO3S/c1-8-7-21-13(12(8)16)14(18)17-6-10(15(19)20)9-4-2-3-5-11(9)17/h2-5,7,10H,6H2,1H3,(H,19,20). The normalized spacial score (nSPS) is 16.9. The highest BCUT2D eigenvalue weighted by molar-refractivity contribution is 7.13. The number of aliphatic carboxylic acids is 1. The maximum absolute atomic E-state index is 12.7. The predicted molar refractivity (Wildman–Crippen MR) is 82.6 cm³/mol. The Balaban J connectivity index is 2.03. The molecule has 2 heterocycles. The van der Waals surface area contributed by atoms with Crippen molar-refractivity contribution in [2.45, 2.75) is 12.8 Å². The lowest BCUT2D eigenvalue weighted by Crippen LogP contribution is -2.30. The SMILES string of the molecule is Cc1csc(C(=O)N2CC(C(=O)O)c3ccccc32)c1Cl. The number of carbonyl (C=O) groups excluding carboxylic acids is 1. The maximum atomic E-state index is 12.7. The molecule has 0 fully saturated rings. The van der Waals surface area contributed by atoms with Crippen molar-refractivity contribution in [1.29, 1.82) is 0 Å². The van der Waals surface area contributed by atoms with Gasteiger partial charge in [0.15, 0.2) is 0 Å². The van der Waals surface area contributed by atoms with Gasteiger partial charge in [-0.2, -0.15) is 0 Å². The highest BCUT2D eigenvalue weighted by Crippen LogP contribution is 2.39. The van der Waals surface area contributed by atoms with Crippen LogP contribution < -0.4 is 4.90 Å². The first-order valence-corrected chi connectivity index (χ1v) is 7.63. The van der Waals surface area contributed by atoms with E-state index in [0.717, 1.165) is 5.56 Å². The minimum atomic E-state index is -0.925. The van der Waals surface area contributed by atoms with Crippen LogP contribution in [0.25, 0.3) is 0 Å². The van der Waals surface area contributed by atoms with E-state index < -0.39 is 11.9 Å². The molecule has 1 N–H and O–H groups in total. The van der Waals surface area contributed by atoms with Crippen molar-refractivity contribution in [3.63, 3.8) is 0 Å². The quantitative estimate of drug-likeness (QED) is 0.920. The van der Waals surface area contributed by atoms with Crippen LogP contribution >= 0.6 is 22.9 Å². The molecule has 1 atom stereocenters. The fourth-order valence-corrected chi connectivity index (χ4v) is 3.73. The molecule has 6 heteroatoms. The van der Waals surface area contributed by atoms with Gasteiger partial charge in [0.2, 0.25) is 0 Å². The summed E-state index contributed by atoms with van der Waals surface area (Å²) < 4.78 is 0. The highest BCUT2D eigenvalue weighted by atomic mass is 35.5. The zero-order valence-corrected chi connectivity index (χ0v) is 12.7. The number of nitrogens with zero attached hydrogens (tertiary/aromatic N) is 1. The molecule has 1 amide bonds. The molecular formula is C15H12ClNO3S. The van der Waals surface area contributed by atoms with Crippen LogP contribution in [0, 0.1) is 6.92 Å². The van der Waals surface area contributed by atoms with E-state index in [1.165, 1.54) is 16.2 Å². The van der Waals surface area contributed by atoms with Gasteiger partial charge in [-0.3, -0.25) is 9.59 Å². The fourth-order valence-electron chi connectivity index (χ4n) is 2.51. The number of fused-ring (bicyclic) bond motifs is 1. The van der Waals surface area contributed by atoms with E-state index in [4.69, 9.17) is 11.6 Å². The molecule has 0 saturated heterocycles. The van der Waals surface area contributed by atoms with E-state index in [0.29, 0.717) is 21.2 Å². The molecule has 1 aliphatic heterocycles. The summed E-state index contributed by atoms with van der Waals surface area (Å²) in [7, 11) is 0. The Bertz CT molecular complexity index is 740. The number of hydrogen-bond donors (Lipinski definition) is 1. The minimum Gasteiger partial charge on any atom is -0.481 e. The van der Waals surface area contributed by atoms with E-state index in [1.54, 1.807) is 24.3 Å². The summed E-state index contributed by atoms with van der Waals surface area (Å²) in [5, 5.41) is 11.6. The van der Waals surface area contributed by atoms with Gasteiger partial charge in [0.05, 0.1) is 5.02 Å². The van der Waals surface area contributed by atoms with Crippen molar-refractivity contribution in [2.75, 3.05) is 11.4 Å². The predicted octanol–water partition coefficient (Wildman–Crippen LogP) is 3.54. The lowest BCUT2D eigenvalue weighted by atomic mass is 10.0. The van der Waals surface area contributed by atoms with Gasteiger partial charge in [-0.05, 0) is 29.5 Å². The Labute approximate surface area is 130 Å². The van der Waals surface area contributed by atoms with E-state index in [2.05, 4.69) is 0 Å². The molecular weight excluding hydrogens is 310 g/mol. The monoisotopic (exact) mass is 321 g/mol. The topological polar surface area (TPSA) is 57.6 Å². The Kier molecular flexibility index (Phi) is 3.47. The third kappa shape index (κ3) is 2.22. The smallest absolute Gasteiger partial charge is 0.312 e. The second-order valence-electron chi connectivity index (χ2n) is 4.93. The van der Waals surface area contributed by atoms with Gasteiger partial charge in [-0.25, -0.2) is 0 Å². The third-order valence-corrected chi connectivity index (χ3v) is 5.29. The molecule has 3 rings (SSSR count). The molecule has 1 aromatic carbocycles. The van der Waals surface area contributed by atoms with Crippen LogP contribution in [0.3, 0.4) is 0 Å². The Morgan fingerprint density at radius 3 is 2.71 bits per heavy atom. The zero-order chi connectivity index (χ0) is 15.1. The van der Waals surface area contributed by atoms with Gasteiger partial charge in [0, 0.05) is 12.2 Å². The van der Waals surface area contributed by atoms with Gasteiger partial charge in [-0.15, -0.1) is 11.3 Å². The first-order chi connectivity index (χ1) is 10.0. The first-order valence-electron chi connectivity index (χ1n) is 6.38. The van der Waals surface area contributed by atoms with Crippen LogP contribution in [0.4, 0.5) is 5.69 Å². The molecule has 0 bridgehead atoms. The number of hydrogen-bond acceptors (Lipinski definition) is 3. The van der Waals surface area contributed by atoms with Crippen molar-refractivity contribution < 1.29 is 14.7 Å². The average Bonchev–Trinajstić information content (AvgIpc) is 3.00. The maximum Gasteiger partial charge on any atom is 0.312 e. The van der Waals surface area contributed by atoms with E-state index in [9.17, 15) is 14.7 Å². The van der Waals surface area contributed by atoms with E-state index >= 15 is 0 Å². The van der Waals surface area contributed by atoms with Gasteiger partial charge < -0.3 is 10.0 Å². The number of carbonyl (C=O) groups is 2. The summed E-state index contributed by atoms with van der Waals surface area (Å²) in [6.45, 7) is 1.98. The number of carboxylic acid groups (broad SMARTS) is 1. The summed E-state index contributed by atoms with van der Waals surface area (Å²) in [5.41, 5.74) is 2.17. The second-order valence-corrected chi connectivity index (χ2v) is 6.18. The Hall–Kier alpha value is -1.85. The van der Waals surface area contributed by atoms with Crippen LogP contribution in [0.15, 0.2) is 29.6 Å². The number of para-hydroxylation sites is 1. The van der Waals surface area contributed by atoms with Gasteiger partial charge in [0.25, 0.3) is 5.91 Å². The molecule has 2 aromatic rings. The van der Waals surface area contributed by atoms with Crippen molar-refractivity contribution >= 4 is 40.5 Å². The summed E-state index contributed by atoms with van der Waals surface area (Å²) in [6.07, 6.45) is 0. The lowest BCUT2D eigenvalue weighted by molar-refractivity contribution is -0.138. The zero-order valence-electron chi connectivity index (χ0n) is 11.2. The first kappa shape index (κ1) is 14.1. The number of aryl methyl sites for hydroxylation is 1. The van der Waals surface area contributed by atoms with Crippen molar-refractivity contribution in [3.05, 3.63) is 50.7 Å². The van der Waals surface area contributed by atoms with Crippen LogP contribution in [-0.4, -0.2) is 23.5 Å². The third-order valence-electron chi connectivity index (χ3n) is 3.60. The van der Waals surface area contributed by atoms with E-state index in [-0.39, 0.29) is 12.5 Å². The van der Waals surface area contributed by atoms with E-state index in [1.807, 2.05) is 12.3 Å². The lowest BCUT2D eigenvalue weighted by Gasteiger charge is -2.16. The van der Waals surface area contributed by atoms with Crippen molar-refractivity contribution in [1.82, 2.24) is 0 Å². The van der Waals surface area contributed by atoms with Crippen LogP contribution in [0.2, 0.25) is 5.02 Å². The summed E-state index contributed by atoms with van der Waals surface area (Å²) >= 11 is 7.44. The molecule has 0 saturated carbocycles. The number of benzene rings is 1. The van der Waals surface area contributed by atoms with Gasteiger partial charge in [0.1, 0.15) is 10.8 Å². The fraction of sp³-hybridized carbons (Fsp3) is 0.200. The van der Waals surface area contributed by atoms with Gasteiger partial charge >= 0.3 is 5.97 Å². The number of halogens is 1. The molecule has 21 heavy (non-hydrogen) atoms. The van der Waals surface area contributed by atoms with Crippen molar-refractivity contribution in [3.8, 4) is 0 Å². The summed E-state index contributed by atoms with van der Waals surface area (Å²) in [6, 6.07) is 7.10. The molecule has 1 aliphatic rings. The summed E-state index contributed by atoms with van der Waals surface area (Å²) in [5.74, 6) is -1.86. The number of rotatable bonds is 2. The van der Waals surface area contributed by atoms with Crippen molar-refractivity contribution in [2.24, 2.45) is 0 Å². The Morgan fingerprint density at radius 1 is 1.38 bits per heavy atom. The molecule has 0 spiro atoms. The highest BCUT2D eigenvalue weighted by Gasteiger charge is 2.37. The number of amides is 1. The second kappa shape index (κ2) is 5.16. The number of thiophene rings is 1. The number of carboxylic acids is 1. The largest absolute Gasteiger partial charge is 0.481 e. The van der Waals surface area contributed by atoms with Crippen LogP contribution in [-0.2, 0) is 4.79 Å². The van der Waals surface area contributed by atoms with Crippen LogP contribution in [0.5, 0.6) is 0 Å². The molecule has 108 valence electrons. The van der Waals surface area contributed by atoms with Crippen LogP contribution in [0.1, 0.15) is 26.7 Å².